The van der Waals surface area contributed by atoms with Gasteiger partial charge < -0.3 is 0 Å². The van der Waals surface area contributed by atoms with Gasteiger partial charge in [-0.3, -0.25) is 24.6 Å². The number of fused-ring (bicyclic) bond motifs is 2. The molecule has 11 heteroatoms. The van der Waals surface area contributed by atoms with Crippen LogP contribution < -0.4 is 10.2 Å². The van der Waals surface area contributed by atoms with E-state index in [2.05, 4.69) is 20.5 Å². The first-order chi connectivity index (χ1) is 15.5. The van der Waals surface area contributed by atoms with Crippen LogP contribution in [0.5, 0.6) is 0 Å². The Morgan fingerprint density at radius 2 is 1.91 bits per heavy atom. The monoisotopic (exact) mass is 487 g/mol. The summed E-state index contributed by atoms with van der Waals surface area (Å²) in [7, 11) is 0. The van der Waals surface area contributed by atoms with Crippen LogP contribution in [0.15, 0.2) is 22.5 Å². The summed E-state index contributed by atoms with van der Waals surface area (Å²) < 4.78 is 1.64. The molecule has 3 aromatic rings. The molecule has 1 aliphatic heterocycles. The molecule has 2 aliphatic rings. The number of hydrogen-bond acceptors (Lipinski definition) is 9. The van der Waals surface area contributed by atoms with E-state index in [1.165, 1.54) is 39.3 Å². The fraction of sp³-hybridized carbons (Fsp3) is 0.429. The molecule has 1 aliphatic carbocycles. The standard InChI is InChI=1S/C21H21N5O3S3/c1-2-17-24-25-20(32-17)23-16(27)10-30-21-22-14-8-7-11(9-15(14)31-21)26-18(28)12-5-3-4-6-13(12)19(26)29/h7-9,12-13H,2-6,10H2,1H3,(H,23,25,27). The van der Waals surface area contributed by atoms with Gasteiger partial charge in [0.15, 0.2) is 4.34 Å². The van der Waals surface area contributed by atoms with Crippen LogP contribution >= 0.6 is 34.4 Å². The van der Waals surface area contributed by atoms with Gasteiger partial charge in [0, 0.05) is 0 Å². The van der Waals surface area contributed by atoms with E-state index >= 15 is 0 Å². The van der Waals surface area contributed by atoms with Crippen molar-refractivity contribution in [2.45, 2.75) is 43.4 Å². The molecule has 5 rings (SSSR count). The van der Waals surface area contributed by atoms with Crippen molar-refractivity contribution in [3.05, 3.63) is 23.2 Å². The zero-order valence-corrected chi connectivity index (χ0v) is 19.8. The minimum absolute atomic E-state index is 0.0715. The molecule has 2 atom stereocenters. The summed E-state index contributed by atoms with van der Waals surface area (Å²) in [5, 5.41) is 12.1. The summed E-state index contributed by atoms with van der Waals surface area (Å²) in [4.78, 5) is 43.9. The third kappa shape index (κ3) is 4.04. The molecular weight excluding hydrogens is 466 g/mol. The normalized spacial score (nSPS) is 20.7. The molecule has 1 saturated carbocycles. The van der Waals surface area contributed by atoms with Crippen LogP contribution in [-0.4, -0.2) is 38.7 Å². The number of hydrogen-bond donors (Lipinski definition) is 1. The van der Waals surface area contributed by atoms with Crippen LogP contribution in [-0.2, 0) is 20.8 Å². The van der Waals surface area contributed by atoms with Gasteiger partial charge in [0.25, 0.3) is 0 Å². The summed E-state index contributed by atoms with van der Waals surface area (Å²) in [5.41, 5.74) is 1.40. The Hall–Kier alpha value is -2.37. The molecule has 8 nitrogen and oxygen atoms in total. The number of nitrogens with zero attached hydrogens (tertiary/aromatic N) is 4. The molecule has 2 fully saturated rings. The fourth-order valence-corrected chi connectivity index (χ4v) is 6.84. The highest BCUT2D eigenvalue weighted by Gasteiger charge is 2.48. The van der Waals surface area contributed by atoms with Gasteiger partial charge in [0.05, 0.1) is 33.5 Å². The Morgan fingerprint density at radius 1 is 1.16 bits per heavy atom. The highest BCUT2D eigenvalue weighted by Crippen LogP contribution is 2.41. The number of aryl methyl sites for hydroxylation is 1. The van der Waals surface area contributed by atoms with Gasteiger partial charge in [-0.05, 0) is 37.5 Å². The van der Waals surface area contributed by atoms with Crippen LogP contribution in [0.25, 0.3) is 10.2 Å². The van der Waals surface area contributed by atoms with Crippen molar-refractivity contribution in [2.24, 2.45) is 11.8 Å². The third-order valence-corrected chi connectivity index (χ3v) is 8.94. The Bertz CT molecular complexity index is 1180. The smallest absolute Gasteiger partial charge is 0.237 e. The first-order valence-electron chi connectivity index (χ1n) is 10.6. The minimum atomic E-state index is -0.167. The van der Waals surface area contributed by atoms with Crippen molar-refractivity contribution in [1.29, 1.82) is 0 Å². The SMILES string of the molecule is CCc1nnc(NC(=O)CSc2nc3ccc(N4C(=O)C5CCCCC5C4=O)cc3s2)s1. The summed E-state index contributed by atoms with van der Waals surface area (Å²) in [6, 6.07) is 5.48. The molecule has 32 heavy (non-hydrogen) atoms. The molecule has 3 heterocycles. The molecule has 2 unspecified atom stereocenters. The lowest BCUT2D eigenvalue weighted by molar-refractivity contribution is -0.122. The van der Waals surface area contributed by atoms with E-state index in [0.29, 0.717) is 10.8 Å². The molecule has 166 valence electrons. The molecular formula is C21H21N5O3S3. The van der Waals surface area contributed by atoms with E-state index in [9.17, 15) is 14.4 Å². The second-order valence-corrected chi connectivity index (χ2v) is 11.1. The topological polar surface area (TPSA) is 105 Å². The van der Waals surface area contributed by atoms with Gasteiger partial charge in [-0.1, -0.05) is 42.9 Å². The molecule has 0 radical (unpaired) electrons. The first kappa shape index (κ1) is 21.5. The zero-order valence-electron chi connectivity index (χ0n) is 17.4. The number of carbonyl (C=O) groups is 3. The number of thiazole rings is 1. The van der Waals surface area contributed by atoms with E-state index in [4.69, 9.17) is 0 Å². The number of anilines is 2. The van der Waals surface area contributed by atoms with E-state index in [0.717, 1.165) is 51.7 Å². The number of rotatable bonds is 6. The lowest BCUT2D eigenvalue weighted by Crippen LogP contribution is -2.30. The van der Waals surface area contributed by atoms with Gasteiger partial charge in [0.2, 0.25) is 22.9 Å². The van der Waals surface area contributed by atoms with E-state index in [1.54, 1.807) is 6.07 Å². The first-order valence-corrected chi connectivity index (χ1v) is 13.2. The summed E-state index contributed by atoms with van der Waals surface area (Å²) in [6.07, 6.45) is 4.40. The van der Waals surface area contributed by atoms with Crippen molar-refractivity contribution in [2.75, 3.05) is 16.0 Å². The molecule has 1 N–H and O–H groups in total. The molecule has 2 aromatic heterocycles. The number of benzene rings is 1. The lowest BCUT2D eigenvalue weighted by atomic mass is 9.81. The van der Waals surface area contributed by atoms with E-state index < -0.39 is 0 Å². The van der Waals surface area contributed by atoms with E-state index in [-0.39, 0.29) is 35.3 Å². The summed E-state index contributed by atoms with van der Waals surface area (Å²) >= 11 is 4.17. The molecule has 0 spiro atoms. The second kappa shape index (κ2) is 8.87. The predicted octanol–water partition coefficient (Wildman–Crippen LogP) is 4.12. The van der Waals surface area contributed by atoms with Crippen molar-refractivity contribution in [3.8, 4) is 0 Å². The van der Waals surface area contributed by atoms with Crippen LogP contribution in [0.3, 0.4) is 0 Å². The maximum absolute atomic E-state index is 12.9. The fourth-order valence-electron chi connectivity index (χ4n) is 4.24. The molecule has 0 bridgehead atoms. The number of aromatic nitrogens is 3. The van der Waals surface area contributed by atoms with Gasteiger partial charge in [-0.25, -0.2) is 4.98 Å². The van der Waals surface area contributed by atoms with Gasteiger partial charge in [-0.15, -0.1) is 21.5 Å². The van der Waals surface area contributed by atoms with Crippen LogP contribution in [0, 0.1) is 11.8 Å². The second-order valence-electron chi connectivity index (χ2n) is 7.83. The van der Waals surface area contributed by atoms with Crippen LogP contribution in [0.2, 0.25) is 0 Å². The molecule has 1 saturated heterocycles. The quantitative estimate of drug-likeness (QED) is 0.412. The van der Waals surface area contributed by atoms with Crippen molar-refractivity contribution in [3.63, 3.8) is 0 Å². The Labute approximate surface area is 196 Å². The average Bonchev–Trinajstić information content (AvgIpc) is 3.49. The maximum atomic E-state index is 12.9. The van der Waals surface area contributed by atoms with Crippen molar-refractivity contribution < 1.29 is 14.4 Å². The zero-order chi connectivity index (χ0) is 22.2. The van der Waals surface area contributed by atoms with Crippen LogP contribution in [0.4, 0.5) is 10.8 Å². The molecule has 1 aromatic carbocycles. The Morgan fingerprint density at radius 3 is 2.59 bits per heavy atom. The van der Waals surface area contributed by atoms with Crippen molar-refractivity contribution >= 4 is 73.2 Å². The predicted molar refractivity (Wildman–Crippen MR) is 126 cm³/mol. The number of carbonyl (C=O) groups excluding carboxylic acids is 3. The third-order valence-electron chi connectivity index (χ3n) is 5.79. The minimum Gasteiger partial charge on any atom is -0.300 e. The summed E-state index contributed by atoms with van der Waals surface area (Å²) in [5.74, 6) is -0.431. The lowest BCUT2D eigenvalue weighted by Gasteiger charge is -2.19. The highest BCUT2D eigenvalue weighted by molar-refractivity contribution is 8.01. The van der Waals surface area contributed by atoms with Gasteiger partial charge in [-0.2, -0.15) is 0 Å². The van der Waals surface area contributed by atoms with Gasteiger partial charge >= 0.3 is 0 Å². The number of nitrogens with one attached hydrogen (secondary N) is 1. The maximum Gasteiger partial charge on any atom is 0.237 e. The largest absolute Gasteiger partial charge is 0.300 e. The Kier molecular flexibility index (Phi) is 5.95. The average molecular weight is 488 g/mol. The molecule has 3 amide bonds. The van der Waals surface area contributed by atoms with Crippen LogP contribution in [0.1, 0.15) is 37.6 Å². The number of amides is 3. The number of imide groups is 1. The Balaban J connectivity index is 1.27. The number of thioether (sulfide) groups is 1. The highest BCUT2D eigenvalue weighted by atomic mass is 32.2. The van der Waals surface area contributed by atoms with Gasteiger partial charge in [0.1, 0.15) is 5.01 Å². The van der Waals surface area contributed by atoms with E-state index in [1.807, 2.05) is 19.1 Å². The van der Waals surface area contributed by atoms with Crippen molar-refractivity contribution in [1.82, 2.24) is 15.2 Å². The summed E-state index contributed by atoms with van der Waals surface area (Å²) in [6.45, 7) is 1.99.